The summed E-state index contributed by atoms with van der Waals surface area (Å²) in [6, 6.07) is 6.45. The first kappa shape index (κ1) is 32.1. The third kappa shape index (κ3) is 11.0. The van der Waals surface area contributed by atoms with E-state index in [-0.39, 0.29) is 63.2 Å². The molecule has 1 aromatic rings. The second kappa shape index (κ2) is 17.6. The van der Waals surface area contributed by atoms with Crippen molar-refractivity contribution in [1.29, 1.82) is 0 Å². The van der Waals surface area contributed by atoms with Gasteiger partial charge in [0.25, 0.3) is 0 Å². The van der Waals surface area contributed by atoms with Crippen LogP contribution in [-0.2, 0) is 4.79 Å². The van der Waals surface area contributed by atoms with Gasteiger partial charge in [0, 0.05) is 24.4 Å². The Kier molecular flexibility index (Phi) is 17.1. The molecule has 0 heterocycles. The molecule has 5 heteroatoms. The van der Waals surface area contributed by atoms with Crippen LogP contribution in [0.15, 0.2) is 41.9 Å². The van der Waals surface area contributed by atoms with E-state index in [2.05, 4.69) is 87.6 Å². The topological polar surface area (TPSA) is 46.4 Å². The number of nitrogens with zero attached hydrogens (tertiary/aromatic N) is 2. The molecule has 0 aliphatic carbocycles. The van der Waals surface area contributed by atoms with E-state index >= 15 is 0 Å². The molecule has 33 heavy (non-hydrogen) atoms. The number of hydrogen-bond donors (Lipinski definition) is 1. The van der Waals surface area contributed by atoms with Crippen molar-refractivity contribution in [3.63, 3.8) is 0 Å². The van der Waals surface area contributed by atoms with Gasteiger partial charge in [0.1, 0.15) is 5.91 Å². The van der Waals surface area contributed by atoms with Crippen LogP contribution < -0.4 is 56.7 Å². The van der Waals surface area contributed by atoms with Crippen molar-refractivity contribution in [3.05, 3.63) is 63.9 Å². The van der Waals surface area contributed by atoms with Crippen LogP contribution in [0, 0.1) is 12.8 Å². The number of amides is 1. The molecule has 178 valence electrons. The third-order valence-electron chi connectivity index (χ3n) is 5.96. The molecule has 1 atom stereocenters. The van der Waals surface area contributed by atoms with Crippen LogP contribution in [0.3, 0.4) is 0 Å². The molecule has 0 saturated heterocycles. The van der Waals surface area contributed by atoms with E-state index in [4.69, 9.17) is 0 Å². The van der Waals surface area contributed by atoms with E-state index in [1.165, 1.54) is 25.0 Å². The summed E-state index contributed by atoms with van der Waals surface area (Å²) in [7, 11) is 3.82. The smallest absolute Gasteiger partial charge is 0.469 e. The van der Waals surface area contributed by atoms with E-state index in [0.717, 1.165) is 41.6 Å². The number of carbonyl (C=O) groups excluding carboxylic acids is 1. The summed E-state index contributed by atoms with van der Waals surface area (Å²) in [4.78, 5) is 14.9. The van der Waals surface area contributed by atoms with E-state index in [1.807, 2.05) is 13.0 Å². The second-order valence-electron chi connectivity index (χ2n) is 8.55. The maximum absolute atomic E-state index is 12.7. The van der Waals surface area contributed by atoms with Crippen LogP contribution in [0.2, 0.25) is 0 Å². The molecule has 0 unspecified atom stereocenters. The van der Waals surface area contributed by atoms with Crippen molar-refractivity contribution < 1.29 is 56.2 Å². The fourth-order valence-corrected chi connectivity index (χ4v) is 3.69. The predicted molar refractivity (Wildman–Crippen MR) is 140 cm³/mol. The Morgan fingerprint density at radius 2 is 1.91 bits per heavy atom. The van der Waals surface area contributed by atoms with Crippen LogP contribution in [0.4, 0.5) is 0 Å². The van der Waals surface area contributed by atoms with E-state index in [0.29, 0.717) is 5.82 Å². The van der Waals surface area contributed by atoms with Crippen molar-refractivity contribution >= 4 is 17.7 Å². The zero-order valence-electron chi connectivity index (χ0n) is 22.6. The minimum Gasteiger partial charge on any atom is -0.469 e. The minimum atomic E-state index is -0.0129. The first-order chi connectivity index (χ1) is 15.3. The fraction of sp³-hybridized carbons (Fsp3) is 0.536. The average Bonchev–Trinajstić information content (AvgIpc) is 2.78. The fourth-order valence-electron chi connectivity index (χ4n) is 3.69. The molecule has 1 N–H and O–H groups in total. The number of carbonyl (C=O) groups is 1. The molecule has 0 aliphatic heterocycles. The van der Waals surface area contributed by atoms with Gasteiger partial charge in [-0.15, -0.1) is 0 Å². The third-order valence-corrected chi connectivity index (χ3v) is 5.96. The maximum Gasteiger partial charge on any atom is 1.00 e. The quantitative estimate of drug-likeness (QED) is 0.333. The maximum atomic E-state index is 12.7. The molecular weight excluding hydrogens is 433 g/mol. The number of unbranched alkanes of at least 4 members (excludes halogenated alkanes) is 3. The Labute approximate surface area is 245 Å². The minimum absolute atomic E-state index is 0. The molecule has 0 spiro atoms. The van der Waals surface area contributed by atoms with Gasteiger partial charge in [0.05, 0.1) is 0 Å². The van der Waals surface area contributed by atoms with Gasteiger partial charge < -0.3 is 15.5 Å². The van der Waals surface area contributed by atoms with E-state index in [1.54, 1.807) is 7.05 Å². The van der Waals surface area contributed by atoms with Crippen molar-refractivity contribution in [2.45, 2.75) is 80.1 Å². The summed E-state index contributed by atoms with van der Waals surface area (Å²) in [5.41, 5.74) is 5.73. The molecule has 1 amide bonds. The summed E-state index contributed by atoms with van der Waals surface area (Å²) in [5, 5.41) is 7.36. The van der Waals surface area contributed by atoms with Crippen LogP contribution in [0.25, 0.3) is 17.1 Å². The molecule has 1 rings (SSSR count). The molecule has 0 bridgehead atoms. The summed E-state index contributed by atoms with van der Waals surface area (Å²) in [6.45, 7) is 12.6. The summed E-state index contributed by atoms with van der Waals surface area (Å²) >= 11 is 0. The van der Waals surface area contributed by atoms with Gasteiger partial charge in [0.15, 0.2) is 0 Å². The summed E-state index contributed by atoms with van der Waals surface area (Å²) in [5.74, 6) is 0.635. The number of aryl methyl sites for hydroxylation is 1. The van der Waals surface area contributed by atoms with Gasteiger partial charge in [-0.05, 0) is 56.4 Å². The number of allylic oxidation sites excluding steroid dienone is 3. The monoisotopic (exact) mass is 477 g/mol. The standard InChI is InChI=1S/C28H44N3O.K/c1-9-12-13-14-16-22(5)28(32)30-27(29-7)20-25-19-24(18-17-21(25)4)26(11-3)31(8)23(6)15-10-2;/h11,15,17-20,22H,9-10,12-14,16H2,1-8H3,(H,30,32);/q-1;+1/b23-15+,26-11-,27-20+;/t22-;/m0./s1. The summed E-state index contributed by atoms with van der Waals surface area (Å²) < 4.78 is 0. The largest absolute Gasteiger partial charge is 1.00 e. The van der Waals surface area contributed by atoms with Crippen LogP contribution in [0.5, 0.6) is 0 Å². The first-order valence-corrected chi connectivity index (χ1v) is 12.1. The van der Waals surface area contributed by atoms with Crippen molar-refractivity contribution in [2.24, 2.45) is 5.92 Å². The van der Waals surface area contributed by atoms with E-state index < -0.39 is 0 Å². The van der Waals surface area contributed by atoms with Gasteiger partial charge in [-0.3, -0.25) is 4.79 Å². The zero-order chi connectivity index (χ0) is 24.1. The number of hydrogen-bond acceptors (Lipinski definition) is 2. The average molecular weight is 478 g/mol. The Balaban J connectivity index is 0.0000102. The molecule has 0 radical (unpaired) electrons. The molecule has 0 aliphatic rings. The number of nitrogens with one attached hydrogen (secondary N) is 1. The van der Waals surface area contributed by atoms with Crippen molar-refractivity contribution in [1.82, 2.24) is 10.2 Å². The van der Waals surface area contributed by atoms with Gasteiger partial charge in [-0.1, -0.05) is 89.7 Å². The van der Waals surface area contributed by atoms with Gasteiger partial charge >= 0.3 is 51.4 Å². The zero-order valence-corrected chi connectivity index (χ0v) is 25.7. The first-order valence-electron chi connectivity index (χ1n) is 12.1. The molecule has 4 nitrogen and oxygen atoms in total. The van der Waals surface area contributed by atoms with Crippen LogP contribution in [-0.4, -0.2) is 24.9 Å². The molecular formula is C28H44KN3O. The molecule has 0 fully saturated rings. The van der Waals surface area contributed by atoms with Gasteiger partial charge in [-0.2, -0.15) is 0 Å². The van der Waals surface area contributed by atoms with E-state index in [9.17, 15) is 4.79 Å². The predicted octanol–water partition coefficient (Wildman–Crippen LogP) is 4.63. The molecule has 1 aromatic carbocycles. The Morgan fingerprint density at radius 3 is 2.48 bits per heavy atom. The van der Waals surface area contributed by atoms with Crippen molar-refractivity contribution in [3.8, 4) is 0 Å². The molecule has 0 saturated carbocycles. The Bertz CT molecular complexity index is 826. The van der Waals surface area contributed by atoms with Crippen molar-refractivity contribution in [2.75, 3.05) is 14.1 Å². The number of benzene rings is 1. The number of rotatable bonds is 13. The van der Waals surface area contributed by atoms with Gasteiger partial charge in [0.2, 0.25) is 0 Å². The second-order valence-corrected chi connectivity index (χ2v) is 8.55. The Hall–Kier alpha value is -0.854. The van der Waals surface area contributed by atoms with Crippen LogP contribution >= 0.6 is 0 Å². The van der Waals surface area contributed by atoms with Crippen LogP contribution in [0.1, 0.15) is 89.8 Å². The van der Waals surface area contributed by atoms with Gasteiger partial charge in [-0.25, -0.2) is 0 Å². The SMILES string of the molecule is C/C=C(/c1ccc(C)c(/C=C(\[N-]C)NC(=O)[C@@H](C)CCCCCC)c1)N(C)/C(C)=C/CC.[K+]. The Morgan fingerprint density at radius 1 is 1.21 bits per heavy atom. The molecule has 0 aromatic heterocycles. The summed E-state index contributed by atoms with van der Waals surface area (Å²) in [6.07, 6.45) is 13.0. The normalized spacial score (nSPS) is 13.3.